The molecule has 0 spiro atoms. The third-order valence-corrected chi connectivity index (χ3v) is 4.40. The number of nitriles is 1. The molecule has 2 heterocycles. The highest BCUT2D eigenvalue weighted by Gasteiger charge is 2.37. The number of alkyl halides is 6. The van der Waals surface area contributed by atoms with Crippen molar-refractivity contribution in [1.29, 1.82) is 5.26 Å². The molecule has 0 bridgehead atoms. The van der Waals surface area contributed by atoms with Gasteiger partial charge in [-0.1, -0.05) is 12.1 Å². The first-order chi connectivity index (χ1) is 15.0. The number of pyridine rings is 2. The summed E-state index contributed by atoms with van der Waals surface area (Å²) < 4.78 is 79.3. The topological polar surface area (TPSA) is 78.7 Å². The smallest absolute Gasteiger partial charge is 0.339 e. The summed E-state index contributed by atoms with van der Waals surface area (Å²) in [7, 11) is 0. The Labute approximate surface area is 177 Å². The minimum atomic E-state index is -4.82. The molecule has 2 aromatic heterocycles. The van der Waals surface area contributed by atoms with Crippen molar-refractivity contribution in [3.05, 3.63) is 94.6 Å². The summed E-state index contributed by atoms with van der Waals surface area (Å²) in [5.74, 6) is -0.856. The maximum absolute atomic E-state index is 13.5. The van der Waals surface area contributed by atoms with Gasteiger partial charge in [0.1, 0.15) is 11.8 Å². The Morgan fingerprint density at radius 2 is 1.62 bits per heavy atom. The number of nitrogens with zero attached hydrogens (tertiary/aromatic N) is 3. The van der Waals surface area contributed by atoms with Crippen LogP contribution in [0.4, 0.5) is 26.3 Å². The summed E-state index contributed by atoms with van der Waals surface area (Å²) in [4.78, 5) is 20.1. The molecule has 0 aliphatic rings. The second-order valence-corrected chi connectivity index (χ2v) is 6.50. The molecule has 1 aromatic carbocycles. The molecule has 0 aliphatic heterocycles. The van der Waals surface area contributed by atoms with Gasteiger partial charge in [0, 0.05) is 12.4 Å². The Balaban J connectivity index is 2.06. The molecule has 1 N–H and O–H groups in total. The molecule has 0 radical (unpaired) electrons. The fourth-order valence-corrected chi connectivity index (χ4v) is 2.87. The zero-order valence-corrected chi connectivity index (χ0v) is 15.9. The maximum atomic E-state index is 13.5. The average molecular weight is 450 g/mol. The van der Waals surface area contributed by atoms with Gasteiger partial charge in [-0.15, -0.1) is 0 Å². The van der Waals surface area contributed by atoms with E-state index in [2.05, 4.69) is 15.3 Å². The predicted molar refractivity (Wildman–Crippen MR) is 98.9 cm³/mol. The molecular formula is C21H12F6N4O. The van der Waals surface area contributed by atoms with E-state index in [9.17, 15) is 31.1 Å². The van der Waals surface area contributed by atoms with Crippen LogP contribution in [0.3, 0.4) is 0 Å². The molecule has 0 fully saturated rings. The summed E-state index contributed by atoms with van der Waals surface area (Å²) in [5.41, 5.74) is -2.83. The third kappa shape index (κ3) is 5.03. The van der Waals surface area contributed by atoms with Crippen LogP contribution in [0.2, 0.25) is 0 Å². The van der Waals surface area contributed by atoms with Gasteiger partial charge < -0.3 is 5.32 Å². The number of halogens is 6. The van der Waals surface area contributed by atoms with E-state index in [0.29, 0.717) is 12.1 Å². The Bertz CT molecular complexity index is 1150. The van der Waals surface area contributed by atoms with Crippen LogP contribution in [0.5, 0.6) is 0 Å². The molecule has 32 heavy (non-hydrogen) atoms. The van der Waals surface area contributed by atoms with E-state index >= 15 is 0 Å². The van der Waals surface area contributed by atoms with Gasteiger partial charge >= 0.3 is 12.4 Å². The molecule has 5 nitrogen and oxygen atoms in total. The quantitative estimate of drug-likeness (QED) is 0.574. The first-order valence-corrected chi connectivity index (χ1v) is 8.87. The van der Waals surface area contributed by atoms with Gasteiger partial charge in [-0.25, -0.2) is 4.98 Å². The summed E-state index contributed by atoms with van der Waals surface area (Å²) in [6.45, 7) is 0. The van der Waals surface area contributed by atoms with Crippen molar-refractivity contribution in [2.24, 2.45) is 0 Å². The second kappa shape index (κ2) is 8.66. The Morgan fingerprint density at radius 3 is 2.16 bits per heavy atom. The number of hydrogen-bond acceptors (Lipinski definition) is 4. The SMILES string of the molecule is N#Cc1ccc(C(=O)NC(c2ccc(C(F)(F)F)cc2)c2ncccc2C(F)(F)F)cn1. The third-order valence-electron chi connectivity index (χ3n) is 4.40. The highest BCUT2D eigenvalue weighted by Crippen LogP contribution is 2.36. The molecule has 1 amide bonds. The lowest BCUT2D eigenvalue weighted by molar-refractivity contribution is -0.139. The summed E-state index contributed by atoms with van der Waals surface area (Å²) in [6.07, 6.45) is -7.33. The minimum absolute atomic E-state index is 0.0184. The summed E-state index contributed by atoms with van der Waals surface area (Å²) >= 11 is 0. The van der Waals surface area contributed by atoms with Gasteiger partial charge in [-0.2, -0.15) is 31.6 Å². The predicted octanol–water partition coefficient (Wildman–Crippen LogP) is 4.91. The van der Waals surface area contributed by atoms with Crippen molar-refractivity contribution in [2.75, 3.05) is 0 Å². The normalized spacial score (nSPS) is 12.7. The molecule has 1 atom stereocenters. The highest BCUT2D eigenvalue weighted by molar-refractivity contribution is 5.94. The van der Waals surface area contributed by atoms with Crippen molar-refractivity contribution in [2.45, 2.75) is 18.4 Å². The zero-order valence-electron chi connectivity index (χ0n) is 15.9. The van der Waals surface area contributed by atoms with E-state index in [1.807, 2.05) is 0 Å². The lowest BCUT2D eigenvalue weighted by atomic mass is 9.97. The lowest BCUT2D eigenvalue weighted by Crippen LogP contribution is -2.31. The molecule has 0 saturated carbocycles. The summed E-state index contributed by atoms with van der Waals surface area (Å²) in [5, 5.41) is 11.2. The fourth-order valence-electron chi connectivity index (χ4n) is 2.87. The van der Waals surface area contributed by atoms with Gasteiger partial charge in [-0.05, 0) is 42.0 Å². The van der Waals surface area contributed by atoms with Crippen LogP contribution in [0.1, 0.15) is 44.5 Å². The fraction of sp³-hybridized carbons (Fsp3) is 0.143. The molecule has 1 unspecified atom stereocenters. The molecule has 0 saturated heterocycles. The van der Waals surface area contributed by atoms with Gasteiger partial charge in [0.2, 0.25) is 0 Å². The molecule has 3 aromatic rings. The van der Waals surface area contributed by atoms with E-state index in [1.54, 1.807) is 6.07 Å². The van der Waals surface area contributed by atoms with Crippen molar-refractivity contribution >= 4 is 5.91 Å². The van der Waals surface area contributed by atoms with E-state index in [0.717, 1.165) is 36.7 Å². The van der Waals surface area contributed by atoms with Crippen LogP contribution in [0, 0.1) is 11.3 Å². The van der Waals surface area contributed by atoms with Crippen molar-refractivity contribution in [3.8, 4) is 6.07 Å². The number of aromatic nitrogens is 2. The second-order valence-electron chi connectivity index (χ2n) is 6.50. The standard InChI is InChI=1S/C21H12F6N4O/c22-20(23,24)14-6-3-12(4-7-14)17(18-16(21(25,26)27)2-1-9-29-18)31-19(32)13-5-8-15(10-28)30-11-13/h1-9,11,17H,(H,31,32). The van der Waals surface area contributed by atoms with Gasteiger partial charge in [-0.3, -0.25) is 9.78 Å². The van der Waals surface area contributed by atoms with Crippen LogP contribution < -0.4 is 5.32 Å². The number of hydrogen-bond donors (Lipinski definition) is 1. The van der Waals surface area contributed by atoms with E-state index in [1.165, 1.54) is 12.1 Å². The van der Waals surface area contributed by atoms with Crippen LogP contribution in [0.15, 0.2) is 60.9 Å². The van der Waals surface area contributed by atoms with Crippen LogP contribution in [0.25, 0.3) is 0 Å². The average Bonchev–Trinajstić information content (AvgIpc) is 2.76. The highest BCUT2D eigenvalue weighted by atomic mass is 19.4. The number of benzene rings is 1. The van der Waals surface area contributed by atoms with Gasteiger partial charge in [0.05, 0.1) is 28.4 Å². The molecule has 11 heteroatoms. The van der Waals surface area contributed by atoms with Crippen molar-refractivity contribution in [1.82, 2.24) is 15.3 Å². The monoisotopic (exact) mass is 450 g/mol. The summed E-state index contributed by atoms with van der Waals surface area (Å²) in [6, 6.07) is 7.89. The van der Waals surface area contributed by atoms with E-state index < -0.39 is 41.1 Å². The first kappa shape index (κ1) is 22.7. The number of carbonyl (C=O) groups excluding carboxylic acids is 1. The Kier molecular flexibility index (Phi) is 6.16. The van der Waals surface area contributed by atoms with Gasteiger partial charge in [0.25, 0.3) is 5.91 Å². The molecule has 0 aliphatic carbocycles. The number of amides is 1. The molecule has 164 valence electrons. The number of rotatable bonds is 4. The number of nitrogens with one attached hydrogen (secondary N) is 1. The number of carbonyl (C=O) groups is 1. The maximum Gasteiger partial charge on any atom is 0.418 e. The van der Waals surface area contributed by atoms with Crippen LogP contribution in [-0.2, 0) is 12.4 Å². The Morgan fingerprint density at radius 1 is 0.938 bits per heavy atom. The van der Waals surface area contributed by atoms with Crippen molar-refractivity contribution in [3.63, 3.8) is 0 Å². The van der Waals surface area contributed by atoms with Crippen LogP contribution in [-0.4, -0.2) is 15.9 Å². The largest absolute Gasteiger partial charge is 0.418 e. The van der Waals surface area contributed by atoms with E-state index in [-0.39, 0.29) is 16.8 Å². The zero-order chi connectivity index (χ0) is 23.5. The first-order valence-electron chi connectivity index (χ1n) is 8.87. The van der Waals surface area contributed by atoms with Crippen LogP contribution >= 0.6 is 0 Å². The van der Waals surface area contributed by atoms with E-state index in [4.69, 9.17) is 5.26 Å². The molecule has 3 rings (SSSR count). The Hall–Kier alpha value is -3.94. The minimum Gasteiger partial charge on any atom is -0.339 e. The van der Waals surface area contributed by atoms with Crippen molar-refractivity contribution < 1.29 is 31.1 Å². The molecular weight excluding hydrogens is 438 g/mol. The van der Waals surface area contributed by atoms with Gasteiger partial charge in [0.15, 0.2) is 0 Å². The lowest BCUT2D eigenvalue weighted by Gasteiger charge is -2.23.